The van der Waals surface area contributed by atoms with Crippen LogP contribution in [0.3, 0.4) is 0 Å². The van der Waals surface area contributed by atoms with Gasteiger partial charge < -0.3 is 14.9 Å². The zero-order chi connectivity index (χ0) is 17.7. The smallest absolute Gasteiger partial charge is 0.185 e. The Hall–Kier alpha value is -2.75. The number of hydrogen-bond donors (Lipinski definition) is 2. The summed E-state index contributed by atoms with van der Waals surface area (Å²) in [7, 11) is 0. The second-order valence-electron chi connectivity index (χ2n) is 5.68. The Balaban J connectivity index is 2.33. The van der Waals surface area contributed by atoms with Crippen LogP contribution >= 0.6 is 0 Å². The van der Waals surface area contributed by atoms with Crippen molar-refractivity contribution in [2.75, 3.05) is 6.61 Å². The fourth-order valence-corrected chi connectivity index (χ4v) is 2.39. The molecule has 0 aliphatic rings. The molecule has 24 heavy (non-hydrogen) atoms. The van der Waals surface area contributed by atoms with E-state index >= 15 is 0 Å². The highest BCUT2D eigenvalue weighted by atomic mass is 16.5. The predicted octanol–water partition coefficient (Wildman–Crippen LogP) is 4.40. The lowest BCUT2D eigenvalue weighted by Crippen LogP contribution is -2.01. The van der Waals surface area contributed by atoms with Crippen molar-refractivity contribution in [1.29, 1.82) is 0 Å². The maximum absolute atomic E-state index is 12.2. The Labute approximate surface area is 142 Å². The van der Waals surface area contributed by atoms with E-state index in [9.17, 15) is 15.0 Å². The fraction of sp³-hybridized carbons (Fsp3) is 0.250. The van der Waals surface area contributed by atoms with Gasteiger partial charge in [-0.3, -0.25) is 4.79 Å². The lowest BCUT2D eigenvalue weighted by molar-refractivity contribution is 0.104. The average molecular weight is 326 g/mol. The Kier molecular flexibility index (Phi) is 5.64. The van der Waals surface area contributed by atoms with Gasteiger partial charge in [0.25, 0.3) is 0 Å². The molecule has 2 aromatic rings. The molecule has 2 rings (SSSR count). The van der Waals surface area contributed by atoms with Crippen LogP contribution in [0.4, 0.5) is 0 Å². The second kappa shape index (κ2) is 7.68. The first-order valence-corrected chi connectivity index (χ1v) is 7.91. The number of allylic oxidation sites excluding steroid dienone is 1. The minimum Gasteiger partial charge on any atom is -0.508 e. The van der Waals surface area contributed by atoms with Crippen LogP contribution in [0.25, 0.3) is 6.08 Å². The number of rotatable bonds is 6. The molecule has 0 radical (unpaired) electrons. The normalized spacial score (nSPS) is 11.0. The maximum Gasteiger partial charge on any atom is 0.185 e. The number of aryl methyl sites for hydroxylation is 1. The lowest BCUT2D eigenvalue weighted by Gasteiger charge is -2.14. The predicted molar refractivity (Wildman–Crippen MR) is 94.8 cm³/mol. The van der Waals surface area contributed by atoms with E-state index in [4.69, 9.17) is 4.74 Å². The molecule has 0 aliphatic heterocycles. The number of ether oxygens (including phenoxy) is 1. The summed E-state index contributed by atoms with van der Waals surface area (Å²) >= 11 is 0. The first-order valence-electron chi connectivity index (χ1n) is 7.91. The molecule has 126 valence electrons. The van der Waals surface area contributed by atoms with Crippen LogP contribution in [0.2, 0.25) is 0 Å². The average Bonchev–Trinajstić information content (AvgIpc) is 2.57. The summed E-state index contributed by atoms with van der Waals surface area (Å²) in [6.45, 7) is 6.15. The lowest BCUT2D eigenvalue weighted by atomic mass is 10.0. The van der Waals surface area contributed by atoms with Gasteiger partial charge in [0.1, 0.15) is 17.2 Å². The summed E-state index contributed by atoms with van der Waals surface area (Å²) in [5.41, 5.74) is 2.64. The molecular formula is C20H22O4. The number of hydrogen-bond acceptors (Lipinski definition) is 4. The molecule has 0 unspecified atom stereocenters. The van der Waals surface area contributed by atoms with Crippen LogP contribution in [-0.2, 0) is 0 Å². The number of phenolic OH excluding ortho intramolecular Hbond substituents is 2. The van der Waals surface area contributed by atoms with Gasteiger partial charge >= 0.3 is 0 Å². The minimum absolute atomic E-state index is 0.121. The molecule has 0 amide bonds. The Morgan fingerprint density at radius 2 is 1.83 bits per heavy atom. The summed E-state index contributed by atoms with van der Waals surface area (Å²) in [6.07, 6.45) is 4.01. The van der Waals surface area contributed by atoms with Gasteiger partial charge in [-0.15, -0.1) is 0 Å². The van der Waals surface area contributed by atoms with Crippen molar-refractivity contribution < 1.29 is 19.7 Å². The van der Waals surface area contributed by atoms with Crippen molar-refractivity contribution in [3.8, 4) is 17.2 Å². The van der Waals surface area contributed by atoms with Crippen LogP contribution in [0.1, 0.15) is 40.4 Å². The number of carbonyl (C=O) groups excluding carboxylic acids is 1. The summed E-state index contributed by atoms with van der Waals surface area (Å²) < 4.78 is 5.75. The van der Waals surface area contributed by atoms with Gasteiger partial charge in [0, 0.05) is 16.7 Å². The van der Waals surface area contributed by atoms with Crippen molar-refractivity contribution in [3.05, 3.63) is 58.7 Å². The van der Waals surface area contributed by atoms with Gasteiger partial charge in [-0.05, 0) is 68.3 Å². The molecule has 0 saturated heterocycles. The Bertz CT molecular complexity index is 758. The third-order valence-corrected chi connectivity index (χ3v) is 3.72. The van der Waals surface area contributed by atoms with E-state index in [1.807, 2.05) is 13.8 Å². The van der Waals surface area contributed by atoms with Crippen LogP contribution < -0.4 is 4.74 Å². The first kappa shape index (κ1) is 17.6. The van der Waals surface area contributed by atoms with Crippen LogP contribution in [0, 0.1) is 13.8 Å². The summed E-state index contributed by atoms with van der Waals surface area (Å²) in [6, 6.07) is 7.90. The van der Waals surface area contributed by atoms with E-state index in [0.29, 0.717) is 23.5 Å². The highest BCUT2D eigenvalue weighted by molar-refractivity contribution is 6.07. The number of ketones is 1. The van der Waals surface area contributed by atoms with Crippen LogP contribution in [-0.4, -0.2) is 22.6 Å². The molecular weight excluding hydrogens is 304 g/mol. The van der Waals surface area contributed by atoms with Crippen molar-refractivity contribution in [3.63, 3.8) is 0 Å². The third kappa shape index (κ3) is 3.96. The van der Waals surface area contributed by atoms with Gasteiger partial charge in [0.05, 0.1) is 6.61 Å². The van der Waals surface area contributed by atoms with Gasteiger partial charge in [-0.1, -0.05) is 6.92 Å². The van der Waals surface area contributed by atoms with Crippen molar-refractivity contribution in [1.82, 2.24) is 0 Å². The number of phenols is 2. The van der Waals surface area contributed by atoms with Gasteiger partial charge in [-0.25, -0.2) is 0 Å². The highest BCUT2D eigenvalue weighted by Crippen LogP contribution is 2.35. The standard InChI is InChI=1S/C20H22O4/c1-4-11-24-20-14(3)19(23)13(2)12-16(20)7-10-18(22)15-5-8-17(21)9-6-15/h5-10,12,21,23H,4,11H2,1-3H3/b10-7+. The monoisotopic (exact) mass is 326 g/mol. The fourth-order valence-electron chi connectivity index (χ4n) is 2.39. The molecule has 4 heteroatoms. The zero-order valence-corrected chi connectivity index (χ0v) is 14.2. The van der Waals surface area contributed by atoms with Crippen molar-refractivity contribution in [2.45, 2.75) is 27.2 Å². The number of carbonyl (C=O) groups is 1. The van der Waals surface area contributed by atoms with Gasteiger partial charge in [0.2, 0.25) is 0 Å². The summed E-state index contributed by atoms with van der Waals surface area (Å²) in [5.74, 6) is 0.758. The molecule has 0 fully saturated rings. The molecule has 0 saturated carbocycles. The molecule has 2 aromatic carbocycles. The summed E-state index contributed by atoms with van der Waals surface area (Å²) in [4.78, 5) is 12.2. The van der Waals surface area contributed by atoms with Crippen molar-refractivity contribution >= 4 is 11.9 Å². The zero-order valence-electron chi connectivity index (χ0n) is 14.2. The Morgan fingerprint density at radius 3 is 2.46 bits per heavy atom. The largest absolute Gasteiger partial charge is 0.508 e. The quantitative estimate of drug-likeness (QED) is 0.610. The molecule has 0 spiro atoms. The second-order valence-corrected chi connectivity index (χ2v) is 5.68. The molecule has 0 aromatic heterocycles. The van der Waals surface area contributed by atoms with Crippen molar-refractivity contribution in [2.24, 2.45) is 0 Å². The number of benzene rings is 2. The van der Waals surface area contributed by atoms with Gasteiger partial charge in [-0.2, -0.15) is 0 Å². The first-order chi connectivity index (χ1) is 11.4. The molecule has 0 heterocycles. The number of aromatic hydroxyl groups is 2. The minimum atomic E-state index is -0.167. The van der Waals surface area contributed by atoms with Gasteiger partial charge in [0.15, 0.2) is 5.78 Å². The van der Waals surface area contributed by atoms with E-state index in [0.717, 1.165) is 17.5 Å². The molecule has 2 N–H and O–H groups in total. The highest BCUT2D eigenvalue weighted by Gasteiger charge is 2.13. The van der Waals surface area contributed by atoms with E-state index in [-0.39, 0.29) is 17.3 Å². The summed E-state index contributed by atoms with van der Waals surface area (Å²) in [5, 5.41) is 19.4. The van der Waals surface area contributed by atoms with E-state index < -0.39 is 0 Å². The van der Waals surface area contributed by atoms with Crippen LogP contribution in [0.5, 0.6) is 17.2 Å². The van der Waals surface area contributed by atoms with E-state index in [1.165, 1.54) is 18.2 Å². The SMILES string of the molecule is CCCOc1c(/C=C/C(=O)c2ccc(O)cc2)cc(C)c(O)c1C. The Morgan fingerprint density at radius 1 is 1.17 bits per heavy atom. The molecule has 0 atom stereocenters. The molecule has 4 nitrogen and oxygen atoms in total. The van der Waals surface area contributed by atoms with Crippen LogP contribution in [0.15, 0.2) is 36.4 Å². The molecule has 0 aliphatic carbocycles. The van der Waals surface area contributed by atoms with E-state index in [2.05, 4.69) is 0 Å². The topological polar surface area (TPSA) is 66.8 Å². The third-order valence-electron chi connectivity index (χ3n) is 3.72. The van der Waals surface area contributed by atoms with E-state index in [1.54, 1.807) is 31.2 Å². The maximum atomic E-state index is 12.2. The molecule has 0 bridgehead atoms.